The molecule has 2 aromatic carbocycles. The Morgan fingerprint density at radius 1 is 0.759 bits per heavy atom. The van der Waals surface area contributed by atoms with Gasteiger partial charge in [0.2, 0.25) is 0 Å². The van der Waals surface area contributed by atoms with Crippen LogP contribution in [0.1, 0.15) is 122 Å². The van der Waals surface area contributed by atoms with E-state index in [1.165, 1.54) is 30.3 Å². The topological polar surface area (TPSA) is 336 Å². The summed E-state index contributed by atoms with van der Waals surface area (Å²) in [7, 11) is 0. The van der Waals surface area contributed by atoms with Crippen molar-refractivity contribution in [3.05, 3.63) is 166 Å². The lowest BCUT2D eigenvalue weighted by Gasteiger charge is -2.17. The first-order chi connectivity index (χ1) is 39.0. The number of carbonyl (C=O) groups is 3. The number of carbonyl (C=O) groups excluding carboxylic acids is 3. The van der Waals surface area contributed by atoms with Crippen LogP contribution in [0.15, 0.2) is 130 Å². The molecular weight excluding hydrogens is 1100 g/mol. The van der Waals surface area contributed by atoms with Crippen molar-refractivity contribution in [1.82, 2.24) is 64.1 Å². The van der Waals surface area contributed by atoms with Crippen LogP contribution in [0.4, 0.5) is 17.5 Å². The fraction of sp³-hybridized carbons (Fsp3) is 0.304. The van der Waals surface area contributed by atoms with Gasteiger partial charge in [0.25, 0.3) is 11.4 Å². The Hall–Kier alpha value is -9.37. The van der Waals surface area contributed by atoms with Crippen molar-refractivity contribution in [3.63, 3.8) is 0 Å². The number of rotatable bonds is 14. The van der Waals surface area contributed by atoms with Gasteiger partial charge in [-0.3, -0.25) is 24.6 Å². The monoisotopic (exact) mass is 1170 g/mol. The predicted molar refractivity (Wildman–Crippen MR) is 324 cm³/mol. The second kappa shape index (κ2) is 29.4. The number of ketones is 1. The van der Waals surface area contributed by atoms with Crippen molar-refractivity contribution in [2.45, 2.75) is 98.6 Å². The van der Waals surface area contributed by atoms with E-state index in [0.717, 1.165) is 75.4 Å². The van der Waals surface area contributed by atoms with Gasteiger partial charge in [-0.15, -0.1) is 0 Å². The van der Waals surface area contributed by atoms with Crippen molar-refractivity contribution in [2.75, 3.05) is 23.0 Å². The first kappa shape index (κ1) is 62.8. The quantitative estimate of drug-likeness (QED) is 0.0149. The minimum Gasteiger partial charge on any atom is -0.466 e. The van der Waals surface area contributed by atoms with Crippen LogP contribution < -0.4 is 27.7 Å². The number of aromatic amines is 2. The average molecular weight is 1170 g/mol. The molecule has 0 amide bonds. The highest BCUT2D eigenvalue weighted by Gasteiger charge is 2.29. The van der Waals surface area contributed by atoms with Gasteiger partial charge in [-0.25, -0.2) is 24.3 Å². The summed E-state index contributed by atoms with van der Waals surface area (Å²) in [6, 6.07) is 28.2. The van der Waals surface area contributed by atoms with E-state index in [1.54, 1.807) is 67.4 Å². The molecule has 25 nitrogen and oxygen atoms in total. The van der Waals surface area contributed by atoms with Crippen LogP contribution in [0.5, 0.6) is 0 Å². The van der Waals surface area contributed by atoms with Gasteiger partial charge in [0, 0.05) is 89.2 Å². The van der Waals surface area contributed by atoms with E-state index in [1.807, 2.05) is 73.8 Å². The Bertz CT molecular complexity index is 3810. The fourth-order valence-corrected chi connectivity index (χ4v) is 7.90. The molecule has 0 saturated heterocycles. The number of oxime groups is 1. The second-order valence-corrected chi connectivity index (χ2v) is 19.2. The molecule has 0 spiro atoms. The summed E-state index contributed by atoms with van der Waals surface area (Å²) in [4.78, 5) is 66.4. The first-order valence-corrected chi connectivity index (χ1v) is 26.2. The number of hydrogen-bond donors (Lipinski definition) is 6. The highest BCUT2D eigenvalue weighted by molar-refractivity contribution is 7.59. The molecule has 436 valence electrons. The molecule has 12 rings (SSSR count). The fourth-order valence-electron chi connectivity index (χ4n) is 7.90. The highest BCUT2D eigenvalue weighted by atomic mass is 32.1. The number of Topliss-reactive ketones (excluding diaryl/α,β-unsaturated/α-hetero) is 1. The zero-order chi connectivity index (χ0) is 57.6. The van der Waals surface area contributed by atoms with E-state index in [9.17, 15) is 19.2 Å². The minimum atomic E-state index is -0.515. The molecule has 2 aliphatic carbocycles. The van der Waals surface area contributed by atoms with Gasteiger partial charge < -0.3 is 36.2 Å². The summed E-state index contributed by atoms with van der Waals surface area (Å²) in [5.41, 5.74) is 19.3. The van der Waals surface area contributed by atoms with Crippen LogP contribution in [0.25, 0.3) is 28.4 Å². The SMILES string of the molecule is CCOC(=O)CC(C)=O.Cc1cc(=O)n2[nH]ccc2n1.Cc1cc(N[C@@H](C)c2ccc(-c3nc(C4CC4)no3)cc2)n2nccc2n1.Cc1cc(N[C@@H](C)c2ccc(C(=O)O/N=C(\N)C3CC3)cc2)n2nccc2n1.Nc1ccn[nH]1.S.S. The van der Waals surface area contributed by atoms with Crippen molar-refractivity contribution in [1.29, 1.82) is 0 Å². The maximum atomic E-state index is 12.1. The number of nitrogen functional groups attached to an aromatic ring is 1. The molecule has 2 fully saturated rings. The highest BCUT2D eigenvalue weighted by Crippen LogP contribution is 2.39. The number of aromatic nitrogens is 13. The zero-order valence-corrected chi connectivity index (χ0v) is 48.9. The molecule has 0 radical (unpaired) electrons. The molecule has 83 heavy (non-hydrogen) atoms. The van der Waals surface area contributed by atoms with Crippen LogP contribution in [0.3, 0.4) is 0 Å². The Morgan fingerprint density at radius 2 is 1.33 bits per heavy atom. The number of H-pyrrole nitrogens is 2. The molecule has 8 N–H and O–H groups in total. The summed E-state index contributed by atoms with van der Waals surface area (Å²) in [5, 5.41) is 32.3. The number of nitrogens with one attached hydrogen (secondary N) is 4. The molecule has 27 heteroatoms. The van der Waals surface area contributed by atoms with Crippen molar-refractivity contribution < 1.29 is 28.5 Å². The maximum absolute atomic E-state index is 12.1. The Morgan fingerprint density at radius 3 is 1.83 bits per heavy atom. The van der Waals surface area contributed by atoms with Gasteiger partial charge >= 0.3 is 11.9 Å². The molecule has 10 aromatic rings. The number of amidine groups is 1. The molecule has 2 saturated carbocycles. The number of nitrogens with zero attached hydrogens (tertiary/aromatic N) is 12. The number of anilines is 3. The molecule has 8 heterocycles. The number of hydrogen-bond acceptors (Lipinski definition) is 19. The van der Waals surface area contributed by atoms with Crippen molar-refractivity contribution in [2.24, 2.45) is 16.8 Å². The van der Waals surface area contributed by atoms with Gasteiger partial charge in [-0.05, 0) is 116 Å². The van der Waals surface area contributed by atoms with Gasteiger partial charge in [0.1, 0.15) is 35.5 Å². The summed E-state index contributed by atoms with van der Waals surface area (Å²) < 4.78 is 14.9. The first-order valence-electron chi connectivity index (χ1n) is 26.2. The number of aryl methyl sites for hydroxylation is 3. The van der Waals surface area contributed by atoms with E-state index < -0.39 is 11.9 Å². The summed E-state index contributed by atoms with van der Waals surface area (Å²) in [5.74, 6) is 3.84. The molecule has 0 unspecified atom stereocenters. The normalized spacial score (nSPS) is 13.1. The third-order valence-corrected chi connectivity index (χ3v) is 12.4. The maximum Gasteiger partial charge on any atom is 0.365 e. The molecular formula is C56H68N18O7S2. The molecule has 0 bridgehead atoms. The molecule has 2 atom stereocenters. The molecule has 0 aliphatic heterocycles. The Labute approximate surface area is 490 Å². The van der Waals surface area contributed by atoms with Crippen LogP contribution >= 0.6 is 27.0 Å². The Balaban J connectivity index is 0.000000185. The smallest absolute Gasteiger partial charge is 0.365 e. The van der Waals surface area contributed by atoms with E-state index in [-0.39, 0.29) is 62.8 Å². The van der Waals surface area contributed by atoms with E-state index in [2.05, 4.69) is 90.2 Å². The standard InChI is InChI=1S/C20H22N6O2.C20H20N6O.C7H7N3O.C6H10O3.C3H5N3.2H2S/c1-12-11-18(26-17(23-12)9-10-22-26)24-13(2)14-3-7-16(8-4-14)20(27)28-25-19(21)15-5-6-15;1-12-11-18(26-17(22-12)9-10-21-26)23-13(2)14-3-7-16(8-4-14)20-24-19(25-27-20)15-5-6-15;1-5-4-7(11)10-6(9-5)2-3-8-10;1-3-9-6(8)4-5(2)7;4-3-1-2-5-6-3;;/h3-4,7-11,13,15,24H,5-6H2,1-2H3,(H2,21,25);3-4,7-11,13,15,23H,5-6H2,1-2H3;2-4,8H,1H3;3-4H2,1-2H3;1-2H,(H3,4,5,6);2*1H2/t2*13-;;;;;/m00...../s1. The van der Waals surface area contributed by atoms with Gasteiger partial charge in [-0.2, -0.15) is 56.3 Å². The predicted octanol–water partition coefficient (Wildman–Crippen LogP) is 8.27. The van der Waals surface area contributed by atoms with E-state index in [4.69, 9.17) is 20.8 Å². The number of benzene rings is 2. The zero-order valence-electron chi connectivity index (χ0n) is 46.9. The second-order valence-electron chi connectivity index (χ2n) is 19.2. The summed E-state index contributed by atoms with van der Waals surface area (Å²) in [6.07, 6.45) is 11.0. The van der Waals surface area contributed by atoms with Gasteiger partial charge in [-0.1, -0.05) is 34.6 Å². The summed E-state index contributed by atoms with van der Waals surface area (Å²) >= 11 is 0. The van der Waals surface area contributed by atoms with E-state index in [0.29, 0.717) is 41.3 Å². The number of fused-ring (bicyclic) bond motifs is 3. The molecule has 8 aromatic heterocycles. The van der Waals surface area contributed by atoms with E-state index >= 15 is 0 Å². The lowest BCUT2D eigenvalue weighted by molar-refractivity contribution is -0.145. The van der Waals surface area contributed by atoms with Gasteiger partial charge in [0.05, 0.1) is 30.8 Å². The van der Waals surface area contributed by atoms with Crippen LogP contribution in [-0.2, 0) is 19.2 Å². The van der Waals surface area contributed by atoms with Crippen LogP contribution in [0, 0.1) is 26.7 Å². The number of esters is 1. The lowest BCUT2D eigenvalue weighted by atomic mass is 10.1. The Kier molecular flexibility index (Phi) is 22.2. The largest absolute Gasteiger partial charge is 0.466 e. The number of ether oxygens (including phenoxy) is 1. The van der Waals surface area contributed by atoms with Crippen LogP contribution in [0.2, 0.25) is 0 Å². The number of nitrogens with two attached hydrogens (primary N) is 2. The van der Waals surface area contributed by atoms with Crippen molar-refractivity contribution in [3.8, 4) is 11.5 Å². The third kappa shape index (κ3) is 17.8. The third-order valence-electron chi connectivity index (χ3n) is 12.4. The minimum absolute atomic E-state index is 0. The summed E-state index contributed by atoms with van der Waals surface area (Å²) in [6.45, 7) is 13.3. The lowest BCUT2D eigenvalue weighted by Crippen LogP contribution is -2.16. The average Bonchev–Trinajstić information content (AvgIpc) is 4.09. The molecule has 2 aliphatic rings. The van der Waals surface area contributed by atoms with Gasteiger partial charge in [0.15, 0.2) is 22.8 Å². The van der Waals surface area contributed by atoms with Crippen LogP contribution in [-0.4, -0.2) is 94.3 Å². The van der Waals surface area contributed by atoms with Crippen molar-refractivity contribution >= 4 is 84.9 Å².